The van der Waals surface area contributed by atoms with Crippen molar-refractivity contribution in [3.05, 3.63) is 192 Å². The van der Waals surface area contributed by atoms with E-state index in [-0.39, 0.29) is 10.8 Å². The highest BCUT2D eigenvalue weighted by Crippen LogP contribution is 2.62. The molecule has 0 amide bonds. The van der Waals surface area contributed by atoms with Gasteiger partial charge < -0.3 is 14.5 Å². The number of ether oxygens (including phenoxy) is 1. The first kappa shape index (κ1) is 31.9. The summed E-state index contributed by atoms with van der Waals surface area (Å²) in [4.78, 5) is 4.93. The fourth-order valence-electron chi connectivity index (χ4n) is 9.61. The Kier molecular flexibility index (Phi) is 6.65. The molecule has 264 valence electrons. The Hall–Kier alpha value is -6.58. The fourth-order valence-corrected chi connectivity index (χ4v) is 9.61. The maximum atomic E-state index is 6.75. The molecule has 3 heteroatoms. The highest BCUT2D eigenvalue weighted by Gasteiger charge is 2.43. The van der Waals surface area contributed by atoms with E-state index in [0.29, 0.717) is 0 Å². The zero-order chi connectivity index (χ0) is 37.1. The molecule has 0 unspecified atom stereocenters. The molecule has 0 N–H and O–H groups in total. The standard InChI is InChI=1S/C52H40N2O/c1-51(2)42-21-11-10-20-40(42)41-27-25-37(31-45(41)51)53(36-18-12-17-35(30-36)33-14-6-5-7-15-33)38-26-28-43-46(32-38)54-49-39-19-9-8-16-34(39)24-29-48(49)55-47-23-13-22-44(50(47)54)52(43,3)4/h5-32H,1-4H3. The first-order valence-corrected chi connectivity index (χ1v) is 19.3. The van der Waals surface area contributed by atoms with Crippen LogP contribution >= 0.6 is 0 Å². The molecule has 1 aliphatic carbocycles. The van der Waals surface area contributed by atoms with Crippen molar-refractivity contribution >= 4 is 44.9 Å². The van der Waals surface area contributed by atoms with E-state index in [1.54, 1.807) is 0 Å². The third kappa shape index (κ3) is 4.56. The van der Waals surface area contributed by atoms with Gasteiger partial charge in [-0.1, -0.05) is 149 Å². The van der Waals surface area contributed by atoms with Gasteiger partial charge in [-0.2, -0.15) is 0 Å². The molecular weight excluding hydrogens is 669 g/mol. The van der Waals surface area contributed by atoms with Crippen LogP contribution < -0.4 is 14.5 Å². The lowest BCUT2D eigenvalue weighted by atomic mass is 9.73. The van der Waals surface area contributed by atoms with Crippen molar-refractivity contribution in [3.63, 3.8) is 0 Å². The number of hydrogen-bond donors (Lipinski definition) is 0. The average molecular weight is 709 g/mol. The van der Waals surface area contributed by atoms with Crippen LogP contribution in [0.5, 0.6) is 11.5 Å². The Morgan fingerprint density at radius 2 is 1.09 bits per heavy atom. The monoisotopic (exact) mass is 708 g/mol. The van der Waals surface area contributed by atoms with E-state index in [2.05, 4.69) is 207 Å². The minimum absolute atomic E-state index is 0.127. The Bertz CT molecular complexity index is 2870. The molecule has 0 fully saturated rings. The van der Waals surface area contributed by atoms with E-state index in [9.17, 15) is 0 Å². The van der Waals surface area contributed by atoms with Crippen molar-refractivity contribution in [1.82, 2.24) is 0 Å². The van der Waals surface area contributed by atoms with Crippen LogP contribution in [0.1, 0.15) is 49.9 Å². The smallest absolute Gasteiger partial charge is 0.152 e. The van der Waals surface area contributed by atoms with E-state index in [0.717, 1.165) is 39.9 Å². The van der Waals surface area contributed by atoms with Crippen molar-refractivity contribution in [2.75, 3.05) is 9.80 Å². The summed E-state index contributed by atoms with van der Waals surface area (Å²) < 4.78 is 6.75. The van der Waals surface area contributed by atoms with Crippen molar-refractivity contribution in [2.24, 2.45) is 0 Å². The number of nitrogens with zero attached hydrogens (tertiary/aromatic N) is 2. The maximum absolute atomic E-state index is 6.75. The number of anilines is 6. The third-order valence-corrected chi connectivity index (χ3v) is 12.4. The SMILES string of the molecule is CC1(C)c2ccccc2-c2ccc(N(c3cccc(-c4ccccc4)c3)c3ccc4c(c3)N3c5c(cccc5C4(C)C)Oc4ccc5ccccc5c43)cc21. The van der Waals surface area contributed by atoms with Crippen LogP contribution in [0.3, 0.4) is 0 Å². The maximum Gasteiger partial charge on any atom is 0.152 e. The lowest BCUT2D eigenvalue weighted by Gasteiger charge is -2.45. The van der Waals surface area contributed by atoms with Crippen LogP contribution in [-0.4, -0.2) is 0 Å². The predicted molar refractivity (Wildman–Crippen MR) is 229 cm³/mol. The van der Waals surface area contributed by atoms with Gasteiger partial charge in [0, 0.05) is 33.3 Å². The van der Waals surface area contributed by atoms with Crippen LogP contribution in [0, 0.1) is 0 Å². The fraction of sp³-hybridized carbons (Fsp3) is 0.115. The zero-order valence-corrected chi connectivity index (χ0v) is 31.5. The number of fused-ring (bicyclic) bond motifs is 9. The summed E-state index contributed by atoms with van der Waals surface area (Å²) >= 11 is 0. The summed E-state index contributed by atoms with van der Waals surface area (Å²) in [5.74, 6) is 1.75. The molecule has 0 saturated carbocycles. The molecule has 0 radical (unpaired) electrons. The van der Waals surface area contributed by atoms with Gasteiger partial charge in [-0.25, -0.2) is 0 Å². The Morgan fingerprint density at radius 3 is 1.98 bits per heavy atom. The second-order valence-corrected chi connectivity index (χ2v) is 16.2. The molecule has 2 heterocycles. The lowest BCUT2D eigenvalue weighted by molar-refractivity contribution is 0.472. The molecule has 0 spiro atoms. The van der Waals surface area contributed by atoms with Crippen LogP contribution in [-0.2, 0) is 10.8 Å². The Balaban J connectivity index is 1.16. The predicted octanol–water partition coefficient (Wildman–Crippen LogP) is 14.5. The summed E-state index contributed by atoms with van der Waals surface area (Å²) in [5, 5.41) is 2.36. The van der Waals surface area contributed by atoms with E-state index >= 15 is 0 Å². The van der Waals surface area contributed by atoms with Crippen molar-refractivity contribution in [3.8, 4) is 33.8 Å². The number of benzene rings is 8. The van der Waals surface area contributed by atoms with Crippen LogP contribution in [0.25, 0.3) is 33.0 Å². The molecule has 55 heavy (non-hydrogen) atoms. The summed E-state index contributed by atoms with van der Waals surface area (Å²) in [6, 6.07) is 62.2. The second kappa shape index (κ2) is 11.5. The molecule has 0 aromatic heterocycles. The molecular formula is C52H40N2O. The normalized spacial score (nSPS) is 14.9. The summed E-state index contributed by atoms with van der Waals surface area (Å²) in [6.45, 7) is 9.41. The first-order chi connectivity index (χ1) is 26.8. The average Bonchev–Trinajstić information content (AvgIpc) is 3.45. The molecule has 2 aliphatic heterocycles. The minimum Gasteiger partial charge on any atom is -0.453 e. The Labute approximate surface area is 322 Å². The van der Waals surface area contributed by atoms with Gasteiger partial charge in [0.05, 0.1) is 17.1 Å². The molecule has 0 atom stereocenters. The third-order valence-electron chi connectivity index (χ3n) is 12.4. The number of para-hydroxylation sites is 1. The molecule has 8 aromatic carbocycles. The van der Waals surface area contributed by atoms with Crippen molar-refractivity contribution in [1.29, 1.82) is 0 Å². The molecule has 11 rings (SSSR count). The topological polar surface area (TPSA) is 15.7 Å². The quantitative estimate of drug-likeness (QED) is 0.181. The zero-order valence-electron chi connectivity index (χ0n) is 31.5. The van der Waals surface area contributed by atoms with Gasteiger partial charge in [0.15, 0.2) is 11.5 Å². The van der Waals surface area contributed by atoms with Crippen molar-refractivity contribution in [2.45, 2.75) is 38.5 Å². The molecule has 8 aromatic rings. The van der Waals surface area contributed by atoms with Gasteiger partial charge in [-0.3, -0.25) is 0 Å². The number of hydrogen-bond acceptors (Lipinski definition) is 3. The molecule has 3 nitrogen and oxygen atoms in total. The molecule has 3 aliphatic rings. The van der Waals surface area contributed by atoms with Gasteiger partial charge in [-0.05, 0) is 98.4 Å². The minimum atomic E-state index is -0.261. The first-order valence-electron chi connectivity index (χ1n) is 19.3. The Morgan fingerprint density at radius 1 is 0.436 bits per heavy atom. The largest absolute Gasteiger partial charge is 0.453 e. The summed E-state index contributed by atoms with van der Waals surface area (Å²) in [7, 11) is 0. The van der Waals surface area contributed by atoms with Gasteiger partial charge in [0.25, 0.3) is 0 Å². The second-order valence-electron chi connectivity index (χ2n) is 16.2. The van der Waals surface area contributed by atoms with Gasteiger partial charge in [0.1, 0.15) is 0 Å². The van der Waals surface area contributed by atoms with E-state index in [1.165, 1.54) is 61.0 Å². The lowest BCUT2D eigenvalue weighted by Crippen LogP contribution is -2.32. The summed E-state index contributed by atoms with van der Waals surface area (Å²) in [5.41, 5.74) is 16.6. The van der Waals surface area contributed by atoms with Crippen LogP contribution in [0.15, 0.2) is 170 Å². The number of rotatable bonds is 4. The molecule has 0 saturated heterocycles. The highest BCUT2D eigenvalue weighted by molar-refractivity contribution is 6.06. The highest BCUT2D eigenvalue weighted by atomic mass is 16.5. The van der Waals surface area contributed by atoms with Gasteiger partial charge in [-0.15, -0.1) is 0 Å². The molecule has 0 bridgehead atoms. The van der Waals surface area contributed by atoms with Gasteiger partial charge in [0.2, 0.25) is 0 Å². The van der Waals surface area contributed by atoms with Gasteiger partial charge >= 0.3 is 0 Å². The van der Waals surface area contributed by atoms with E-state index in [1.807, 2.05) is 0 Å². The van der Waals surface area contributed by atoms with Crippen LogP contribution in [0.2, 0.25) is 0 Å². The van der Waals surface area contributed by atoms with E-state index in [4.69, 9.17) is 4.74 Å². The van der Waals surface area contributed by atoms with Crippen molar-refractivity contribution < 1.29 is 4.74 Å². The van der Waals surface area contributed by atoms with E-state index < -0.39 is 0 Å². The summed E-state index contributed by atoms with van der Waals surface area (Å²) in [6.07, 6.45) is 0. The van der Waals surface area contributed by atoms with Crippen LogP contribution in [0.4, 0.5) is 34.1 Å².